The van der Waals surface area contributed by atoms with Gasteiger partial charge in [0.05, 0.1) is 22.1 Å². The fourth-order valence-corrected chi connectivity index (χ4v) is 7.34. The first-order valence-electron chi connectivity index (χ1n) is 16.8. The molecule has 234 valence electrons. The standard InChI is InChI=1S/C45H29N5/c1-4-14-30(15-5-1)31-24-26-34(27-25-31)49-37-22-12-10-20-35(37)41-39(49)28-29-40-42(41)36-21-11-13-23-38(36)50(40)45-47-43(32-16-6-2-7-17-32)46-44(48-45)33-18-8-3-9-19-33/h1-29H. The Morgan fingerprint density at radius 3 is 1.26 bits per heavy atom. The van der Waals surface area contributed by atoms with Crippen LogP contribution >= 0.6 is 0 Å². The lowest BCUT2D eigenvalue weighted by Crippen LogP contribution is -2.06. The van der Waals surface area contributed by atoms with E-state index in [9.17, 15) is 0 Å². The highest BCUT2D eigenvalue weighted by Crippen LogP contribution is 2.42. The summed E-state index contributed by atoms with van der Waals surface area (Å²) in [6.45, 7) is 0. The number of aromatic nitrogens is 5. The van der Waals surface area contributed by atoms with Gasteiger partial charge in [-0.1, -0.05) is 140 Å². The molecule has 0 N–H and O–H groups in total. The minimum Gasteiger partial charge on any atom is -0.309 e. The first kappa shape index (κ1) is 28.2. The van der Waals surface area contributed by atoms with Crippen molar-refractivity contribution in [3.63, 3.8) is 0 Å². The van der Waals surface area contributed by atoms with Crippen molar-refractivity contribution in [1.29, 1.82) is 0 Å². The van der Waals surface area contributed by atoms with Gasteiger partial charge in [-0.15, -0.1) is 0 Å². The second-order valence-corrected chi connectivity index (χ2v) is 12.5. The molecule has 0 aliphatic heterocycles. The van der Waals surface area contributed by atoms with Gasteiger partial charge in [-0.05, 0) is 47.5 Å². The summed E-state index contributed by atoms with van der Waals surface area (Å²) in [6, 6.07) is 61.4. The van der Waals surface area contributed by atoms with Crippen molar-refractivity contribution in [2.45, 2.75) is 0 Å². The predicted molar refractivity (Wildman–Crippen MR) is 205 cm³/mol. The van der Waals surface area contributed by atoms with Crippen molar-refractivity contribution in [1.82, 2.24) is 24.1 Å². The van der Waals surface area contributed by atoms with Crippen LogP contribution in [0.5, 0.6) is 0 Å². The van der Waals surface area contributed by atoms with Crippen LogP contribution in [0, 0.1) is 0 Å². The van der Waals surface area contributed by atoms with Crippen LogP contribution in [0.2, 0.25) is 0 Å². The minimum absolute atomic E-state index is 0.587. The van der Waals surface area contributed by atoms with Crippen molar-refractivity contribution in [3.05, 3.63) is 176 Å². The van der Waals surface area contributed by atoms with Crippen LogP contribution in [-0.2, 0) is 0 Å². The highest BCUT2D eigenvalue weighted by molar-refractivity contribution is 6.28. The maximum Gasteiger partial charge on any atom is 0.238 e. The highest BCUT2D eigenvalue weighted by Gasteiger charge is 2.22. The lowest BCUT2D eigenvalue weighted by atomic mass is 10.1. The van der Waals surface area contributed by atoms with Gasteiger partial charge in [0.1, 0.15) is 0 Å². The first-order valence-corrected chi connectivity index (χ1v) is 16.8. The summed E-state index contributed by atoms with van der Waals surface area (Å²) in [6.07, 6.45) is 0. The molecule has 0 saturated carbocycles. The zero-order valence-corrected chi connectivity index (χ0v) is 27.0. The van der Waals surface area contributed by atoms with E-state index in [1.165, 1.54) is 27.3 Å². The van der Waals surface area contributed by atoms with E-state index in [2.05, 4.69) is 124 Å². The third kappa shape index (κ3) is 4.45. The molecule has 50 heavy (non-hydrogen) atoms. The number of hydrogen-bond acceptors (Lipinski definition) is 3. The van der Waals surface area contributed by atoms with Crippen LogP contribution in [-0.4, -0.2) is 24.1 Å². The van der Waals surface area contributed by atoms with E-state index in [0.717, 1.165) is 44.3 Å². The highest BCUT2D eigenvalue weighted by atomic mass is 15.2. The molecule has 5 nitrogen and oxygen atoms in total. The third-order valence-electron chi connectivity index (χ3n) is 9.59. The van der Waals surface area contributed by atoms with E-state index in [0.29, 0.717) is 17.6 Å². The zero-order valence-electron chi connectivity index (χ0n) is 27.0. The SMILES string of the molecule is c1ccc(-c2ccc(-n3c4ccccc4c4c5c6ccccc6n(-c6nc(-c7ccccc7)nc(-c7ccccc7)n6)c5ccc43)cc2)cc1. The monoisotopic (exact) mass is 639 g/mol. The summed E-state index contributed by atoms with van der Waals surface area (Å²) in [7, 11) is 0. The van der Waals surface area contributed by atoms with E-state index in [1.54, 1.807) is 0 Å². The number of hydrogen-bond donors (Lipinski definition) is 0. The molecule has 0 saturated heterocycles. The molecule has 0 aliphatic carbocycles. The molecule has 5 heteroatoms. The third-order valence-corrected chi connectivity index (χ3v) is 9.59. The van der Waals surface area contributed by atoms with Crippen molar-refractivity contribution in [2.75, 3.05) is 0 Å². The number of fused-ring (bicyclic) bond motifs is 7. The van der Waals surface area contributed by atoms with Crippen LogP contribution in [0.25, 0.3) is 89.2 Å². The smallest absolute Gasteiger partial charge is 0.238 e. The van der Waals surface area contributed by atoms with Crippen LogP contribution in [0.4, 0.5) is 0 Å². The maximum absolute atomic E-state index is 5.14. The Morgan fingerprint density at radius 2 is 0.720 bits per heavy atom. The van der Waals surface area contributed by atoms with Gasteiger partial charge in [-0.3, -0.25) is 4.57 Å². The summed E-state index contributed by atoms with van der Waals surface area (Å²) < 4.78 is 4.58. The first-order chi connectivity index (χ1) is 24.8. The Labute approximate surface area is 288 Å². The second-order valence-electron chi connectivity index (χ2n) is 12.5. The molecule has 0 radical (unpaired) electrons. The minimum atomic E-state index is 0.587. The summed E-state index contributed by atoms with van der Waals surface area (Å²) in [5.74, 6) is 1.86. The molecule has 0 bridgehead atoms. The molecule has 10 rings (SSSR count). The van der Waals surface area contributed by atoms with Crippen molar-refractivity contribution in [3.8, 4) is 45.5 Å². The Hall–Kier alpha value is -6.85. The molecule has 0 aliphatic rings. The van der Waals surface area contributed by atoms with Crippen LogP contribution in [0.1, 0.15) is 0 Å². The van der Waals surface area contributed by atoms with Gasteiger partial charge in [0.25, 0.3) is 0 Å². The second kappa shape index (κ2) is 11.4. The Kier molecular flexibility index (Phi) is 6.42. The molecule has 0 fully saturated rings. The molecular weight excluding hydrogens is 611 g/mol. The number of para-hydroxylation sites is 2. The van der Waals surface area contributed by atoms with Gasteiger partial charge in [0.15, 0.2) is 11.6 Å². The Balaban J connectivity index is 1.25. The van der Waals surface area contributed by atoms with Crippen molar-refractivity contribution >= 4 is 43.6 Å². The van der Waals surface area contributed by atoms with Gasteiger partial charge in [-0.25, -0.2) is 4.98 Å². The summed E-state index contributed by atoms with van der Waals surface area (Å²) >= 11 is 0. The van der Waals surface area contributed by atoms with Crippen molar-refractivity contribution < 1.29 is 0 Å². The molecule has 0 atom stereocenters. The molecule has 7 aromatic carbocycles. The molecule has 0 amide bonds. The molecule has 0 spiro atoms. The molecule has 3 heterocycles. The van der Waals surface area contributed by atoms with E-state index >= 15 is 0 Å². The zero-order chi connectivity index (χ0) is 33.0. The number of nitrogens with zero attached hydrogens (tertiary/aromatic N) is 5. The fourth-order valence-electron chi connectivity index (χ4n) is 7.34. The Morgan fingerprint density at radius 1 is 0.300 bits per heavy atom. The van der Waals surface area contributed by atoms with E-state index in [-0.39, 0.29) is 0 Å². The van der Waals surface area contributed by atoms with Crippen LogP contribution in [0.3, 0.4) is 0 Å². The maximum atomic E-state index is 5.14. The van der Waals surface area contributed by atoms with Gasteiger partial charge >= 0.3 is 0 Å². The summed E-state index contributed by atoms with van der Waals surface area (Å²) in [5.41, 5.74) is 9.82. The lowest BCUT2D eigenvalue weighted by Gasteiger charge is -2.11. The molecule has 10 aromatic rings. The fraction of sp³-hybridized carbons (Fsp3) is 0. The van der Waals surface area contributed by atoms with E-state index in [1.807, 2.05) is 60.7 Å². The lowest BCUT2D eigenvalue weighted by molar-refractivity contribution is 0.953. The molecular formula is C45H29N5. The van der Waals surface area contributed by atoms with E-state index < -0.39 is 0 Å². The molecule has 0 unspecified atom stereocenters. The van der Waals surface area contributed by atoms with Gasteiger partial charge < -0.3 is 4.57 Å². The average Bonchev–Trinajstić information content (AvgIpc) is 3.72. The average molecular weight is 640 g/mol. The Bertz CT molecular complexity index is 2780. The number of rotatable bonds is 5. The quantitative estimate of drug-likeness (QED) is 0.188. The summed E-state index contributed by atoms with van der Waals surface area (Å²) in [4.78, 5) is 15.2. The number of benzene rings is 7. The van der Waals surface area contributed by atoms with Gasteiger partial charge in [0, 0.05) is 38.4 Å². The van der Waals surface area contributed by atoms with Crippen LogP contribution in [0.15, 0.2) is 176 Å². The summed E-state index contributed by atoms with van der Waals surface area (Å²) in [5, 5.41) is 4.74. The topological polar surface area (TPSA) is 48.5 Å². The van der Waals surface area contributed by atoms with Crippen molar-refractivity contribution in [2.24, 2.45) is 0 Å². The predicted octanol–water partition coefficient (Wildman–Crippen LogP) is 11.1. The van der Waals surface area contributed by atoms with E-state index in [4.69, 9.17) is 15.0 Å². The van der Waals surface area contributed by atoms with Gasteiger partial charge in [0.2, 0.25) is 5.95 Å². The largest absolute Gasteiger partial charge is 0.309 e. The van der Waals surface area contributed by atoms with Gasteiger partial charge in [-0.2, -0.15) is 9.97 Å². The molecule has 3 aromatic heterocycles. The van der Waals surface area contributed by atoms with Crippen LogP contribution < -0.4 is 0 Å². The normalized spacial score (nSPS) is 11.6.